The zero-order chi connectivity index (χ0) is 41.3. The van der Waals surface area contributed by atoms with E-state index < -0.39 is 5.54 Å². The molecule has 1 aromatic heterocycles. The van der Waals surface area contributed by atoms with Crippen LogP contribution in [0.4, 0.5) is 0 Å². The van der Waals surface area contributed by atoms with E-state index in [-0.39, 0.29) is 52.0 Å². The Kier molecular flexibility index (Phi) is 10.5. The lowest BCUT2D eigenvalue weighted by atomic mass is 9.37. The van der Waals surface area contributed by atoms with Crippen LogP contribution in [0.2, 0.25) is 0 Å². The van der Waals surface area contributed by atoms with Crippen molar-refractivity contribution in [3.05, 3.63) is 90.6 Å². The molecule has 13 atom stereocenters. The van der Waals surface area contributed by atoms with Crippen molar-refractivity contribution in [3.63, 3.8) is 0 Å². The monoisotopic (exact) mass is 800 g/mol. The number of amides is 1. The molecule has 0 aliphatic heterocycles. The molecule has 6 fully saturated rings. The summed E-state index contributed by atoms with van der Waals surface area (Å²) in [7, 11) is 0. The second-order valence-electron chi connectivity index (χ2n) is 21.3. The number of imidazole rings is 1. The maximum atomic E-state index is 14.7. The van der Waals surface area contributed by atoms with E-state index in [9.17, 15) is 9.59 Å². The maximum Gasteiger partial charge on any atom is 0.309 e. The normalized spacial score (nSPS) is 38.7. The van der Waals surface area contributed by atoms with Crippen molar-refractivity contribution >= 4 is 11.9 Å². The Balaban J connectivity index is 0.826. The SMILES string of the molecule is C=C(OCc1ccccc1)C1CC(C(=O)OC2CCC3(C)C(CCC4(C)C5CCC6(C(=O)NC(C)(C)c7ncc(-c8ccccc8)[nH]7)CCCC6C5CCC34)C2C)C1C. The number of aromatic nitrogens is 2. The molecule has 59 heavy (non-hydrogen) atoms. The van der Waals surface area contributed by atoms with Gasteiger partial charge < -0.3 is 19.8 Å². The minimum atomic E-state index is -0.603. The van der Waals surface area contributed by atoms with Gasteiger partial charge in [-0.3, -0.25) is 9.59 Å². The van der Waals surface area contributed by atoms with Gasteiger partial charge in [-0.2, -0.15) is 0 Å². The summed E-state index contributed by atoms with van der Waals surface area (Å²) in [6, 6.07) is 20.5. The van der Waals surface area contributed by atoms with E-state index >= 15 is 0 Å². The number of ether oxygens (including phenoxy) is 2. The lowest BCUT2D eigenvalue weighted by Gasteiger charge is -2.67. The Bertz CT molecular complexity index is 2030. The van der Waals surface area contributed by atoms with Gasteiger partial charge in [0.1, 0.15) is 18.5 Å². The fourth-order valence-corrected chi connectivity index (χ4v) is 14.9. The van der Waals surface area contributed by atoms with Gasteiger partial charge in [0, 0.05) is 5.92 Å². The highest BCUT2D eigenvalue weighted by molar-refractivity contribution is 5.84. The highest BCUT2D eigenvalue weighted by Crippen LogP contribution is 2.72. The number of nitrogens with zero attached hydrogens (tertiary/aromatic N) is 1. The topological polar surface area (TPSA) is 93.3 Å². The van der Waals surface area contributed by atoms with Crippen LogP contribution >= 0.6 is 0 Å². The molecule has 13 unspecified atom stereocenters. The molecule has 9 rings (SSSR count). The Morgan fingerprint density at radius 2 is 1.53 bits per heavy atom. The van der Waals surface area contributed by atoms with E-state index in [4.69, 9.17) is 14.5 Å². The highest BCUT2D eigenvalue weighted by Gasteiger charge is 2.66. The van der Waals surface area contributed by atoms with Crippen molar-refractivity contribution in [2.45, 2.75) is 137 Å². The molecule has 0 saturated heterocycles. The maximum absolute atomic E-state index is 14.7. The Labute approximate surface area is 353 Å². The number of nitrogens with one attached hydrogen (secondary N) is 2. The molecule has 6 aliphatic rings. The van der Waals surface area contributed by atoms with Crippen LogP contribution in [0.5, 0.6) is 0 Å². The van der Waals surface area contributed by atoms with Crippen molar-refractivity contribution < 1.29 is 19.1 Å². The first kappa shape index (κ1) is 40.5. The molecule has 2 N–H and O–H groups in total. The van der Waals surface area contributed by atoms with Gasteiger partial charge in [-0.15, -0.1) is 0 Å². The van der Waals surface area contributed by atoms with Crippen LogP contribution in [0.15, 0.2) is 79.2 Å². The number of benzene rings is 2. The number of hydrogen-bond donors (Lipinski definition) is 2. The lowest BCUT2D eigenvalue weighted by molar-refractivity contribution is -0.205. The van der Waals surface area contributed by atoms with Gasteiger partial charge in [-0.1, -0.05) is 101 Å². The number of fused-ring (bicyclic) bond motifs is 7. The smallest absolute Gasteiger partial charge is 0.309 e. The summed E-state index contributed by atoms with van der Waals surface area (Å²) in [6.45, 7) is 18.8. The van der Waals surface area contributed by atoms with Crippen molar-refractivity contribution in [3.8, 4) is 11.3 Å². The zero-order valence-corrected chi connectivity index (χ0v) is 36.6. The van der Waals surface area contributed by atoms with Gasteiger partial charge in [-0.25, -0.2) is 4.98 Å². The van der Waals surface area contributed by atoms with Gasteiger partial charge in [0.05, 0.1) is 34.5 Å². The van der Waals surface area contributed by atoms with E-state index in [0.717, 1.165) is 73.4 Å². The Morgan fingerprint density at radius 3 is 2.27 bits per heavy atom. The summed E-state index contributed by atoms with van der Waals surface area (Å²) in [5.74, 6) is 5.44. The van der Waals surface area contributed by atoms with Crippen LogP contribution in [0.25, 0.3) is 11.3 Å². The average molecular weight is 800 g/mol. The van der Waals surface area contributed by atoms with Crippen LogP contribution < -0.4 is 5.32 Å². The van der Waals surface area contributed by atoms with Gasteiger partial charge in [0.15, 0.2) is 0 Å². The summed E-state index contributed by atoms with van der Waals surface area (Å²) < 4.78 is 12.6. The molecule has 1 amide bonds. The first-order valence-corrected chi connectivity index (χ1v) is 23.2. The van der Waals surface area contributed by atoms with Crippen molar-refractivity contribution in [1.29, 1.82) is 0 Å². The van der Waals surface area contributed by atoms with Crippen molar-refractivity contribution in [2.75, 3.05) is 0 Å². The summed E-state index contributed by atoms with van der Waals surface area (Å²) in [5, 5.41) is 3.55. The third-order valence-electron chi connectivity index (χ3n) is 18.2. The van der Waals surface area contributed by atoms with Gasteiger partial charge in [0.25, 0.3) is 0 Å². The van der Waals surface area contributed by atoms with Crippen molar-refractivity contribution in [2.24, 2.45) is 69.5 Å². The number of aromatic amines is 1. The first-order valence-electron chi connectivity index (χ1n) is 23.2. The van der Waals surface area contributed by atoms with Crippen LogP contribution in [-0.4, -0.2) is 27.9 Å². The number of allylic oxidation sites excluding steroid dienone is 1. The minimum absolute atomic E-state index is 0.00675. The molecule has 2 aromatic carbocycles. The fraction of sp³-hybridized carbons (Fsp3) is 0.635. The molecule has 0 bridgehead atoms. The number of H-pyrrole nitrogens is 1. The second kappa shape index (κ2) is 15.2. The lowest BCUT2D eigenvalue weighted by Crippen LogP contribution is -2.62. The van der Waals surface area contributed by atoms with E-state index in [1.165, 1.54) is 32.1 Å². The molecule has 6 aliphatic carbocycles. The third-order valence-corrected chi connectivity index (χ3v) is 18.2. The van der Waals surface area contributed by atoms with Gasteiger partial charge in [0.2, 0.25) is 5.91 Å². The molecule has 7 nitrogen and oxygen atoms in total. The van der Waals surface area contributed by atoms with E-state index in [1.807, 2.05) is 42.6 Å². The number of hydrogen-bond acceptors (Lipinski definition) is 5. The standard InChI is InChI=1S/C52H69N3O4/c1-32-38(34(3)58-31-35-15-10-8-11-16-35)29-39(32)46(56)59-44-24-27-50(6)40(33(44)2)22-26-51(7)41-23-28-52(25-14-19-42(52)37(41)20-21-45(50)51)48(57)55-49(4,5)47-53-30-43(54-47)36-17-12-9-13-18-36/h8-13,15-18,30,32-33,37-42,44-45H,3,14,19-29,31H2,1-2,4-7H3,(H,53,54)(H,55,57). The summed E-state index contributed by atoms with van der Waals surface area (Å²) in [6.07, 6.45) is 15.2. The molecule has 7 heteroatoms. The van der Waals surface area contributed by atoms with Gasteiger partial charge in [-0.05, 0) is 148 Å². The van der Waals surface area contributed by atoms with Gasteiger partial charge >= 0.3 is 5.97 Å². The van der Waals surface area contributed by atoms with E-state index in [1.54, 1.807) is 0 Å². The number of carbonyl (C=O) groups is 2. The van der Waals surface area contributed by atoms with Crippen molar-refractivity contribution in [1.82, 2.24) is 15.3 Å². The summed E-state index contributed by atoms with van der Waals surface area (Å²) >= 11 is 0. The number of rotatable bonds is 10. The Hall–Kier alpha value is -3.87. The third kappa shape index (κ3) is 6.80. The second-order valence-corrected chi connectivity index (χ2v) is 21.3. The van der Waals surface area contributed by atoms with Crippen LogP contribution in [0.1, 0.15) is 130 Å². The molecule has 1 heterocycles. The van der Waals surface area contributed by atoms with Crippen LogP contribution in [-0.2, 0) is 31.2 Å². The van der Waals surface area contributed by atoms with Crippen LogP contribution in [0, 0.1) is 69.5 Å². The average Bonchev–Trinajstić information content (AvgIpc) is 3.91. The number of carbonyl (C=O) groups excluding carboxylic acids is 2. The first-order chi connectivity index (χ1) is 28.2. The fourth-order valence-electron chi connectivity index (χ4n) is 14.9. The zero-order valence-electron chi connectivity index (χ0n) is 36.6. The Morgan fingerprint density at radius 1 is 0.831 bits per heavy atom. The molecule has 6 saturated carbocycles. The molecule has 316 valence electrons. The van der Waals surface area contributed by atoms with Crippen LogP contribution in [0.3, 0.4) is 0 Å². The summed E-state index contributed by atoms with van der Waals surface area (Å²) in [5.41, 5.74) is 2.84. The molecular weight excluding hydrogens is 731 g/mol. The largest absolute Gasteiger partial charge is 0.494 e. The quantitative estimate of drug-likeness (QED) is 0.157. The highest BCUT2D eigenvalue weighted by atomic mass is 16.5. The molecule has 0 radical (unpaired) electrons. The predicted octanol–water partition coefficient (Wildman–Crippen LogP) is 11.4. The molecule has 3 aromatic rings. The van der Waals surface area contributed by atoms with E-state index in [2.05, 4.69) is 82.7 Å². The number of esters is 1. The molecular formula is C52H69N3O4. The van der Waals surface area contributed by atoms with E-state index in [0.29, 0.717) is 42.1 Å². The molecule has 0 spiro atoms. The minimum Gasteiger partial charge on any atom is -0.494 e. The summed E-state index contributed by atoms with van der Waals surface area (Å²) in [4.78, 5) is 36.7. The predicted molar refractivity (Wildman–Crippen MR) is 232 cm³/mol.